The van der Waals surface area contributed by atoms with Crippen molar-refractivity contribution in [2.45, 2.75) is 26.4 Å². The second-order valence-electron chi connectivity index (χ2n) is 5.82. The van der Waals surface area contributed by atoms with Crippen molar-refractivity contribution in [2.24, 2.45) is 0 Å². The summed E-state index contributed by atoms with van der Waals surface area (Å²) in [6.07, 6.45) is 3.75. The SMILES string of the molecule is CNC(CN(C)Cc1cccnc1)c1cc(C)cc(C)c1. The zero-order valence-electron chi connectivity index (χ0n) is 13.4. The van der Waals surface area contributed by atoms with Gasteiger partial charge in [-0.05, 0) is 45.1 Å². The molecule has 0 aliphatic carbocycles. The maximum absolute atomic E-state index is 4.18. The maximum Gasteiger partial charge on any atom is 0.0447 e. The van der Waals surface area contributed by atoms with Crippen molar-refractivity contribution in [3.63, 3.8) is 0 Å². The zero-order valence-corrected chi connectivity index (χ0v) is 13.4. The van der Waals surface area contributed by atoms with E-state index in [1.165, 1.54) is 22.3 Å². The molecular weight excluding hydrogens is 258 g/mol. The van der Waals surface area contributed by atoms with Crippen LogP contribution in [-0.2, 0) is 6.54 Å². The van der Waals surface area contributed by atoms with Crippen LogP contribution in [0.4, 0.5) is 0 Å². The number of aryl methyl sites for hydroxylation is 2. The van der Waals surface area contributed by atoms with Gasteiger partial charge in [-0.15, -0.1) is 0 Å². The Hall–Kier alpha value is -1.71. The van der Waals surface area contributed by atoms with Gasteiger partial charge in [0.15, 0.2) is 0 Å². The van der Waals surface area contributed by atoms with Crippen molar-refractivity contribution in [2.75, 3.05) is 20.6 Å². The molecule has 2 aromatic rings. The van der Waals surface area contributed by atoms with Crippen molar-refractivity contribution in [3.8, 4) is 0 Å². The fourth-order valence-electron chi connectivity index (χ4n) is 2.75. The van der Waals surface area contributed by atoms with Gasteiger partial charge in [-0.1, -0.05) is 35.4 Å². The predicted octanol–water partition coefficient (Wildman–Crippen LogP) is 3.09. The number of benzene rings is 1. The average Bonchev–Trinajstić information content (AvgIpc) is 2.44. The molecule has 3 nitrogen and oxygen atoms in total. The topological polar surface area (TPSA) is 28.2 Å². The van der Waals surface area contributed by atoms with Crippen molar-refractivity contribution in [1.82, 2.24) is 15.2 Å². The summed E-state index contributed by atoms with van der Waals surface area (Å²) in [5.74, 6) is 0. The summed E-state index contributed by atoms with van der Waals surface area (Å²) in [6, 6.07) is 11.2. The number of nitrogens with one attached hydrogen (secondary N) is 1. The van der Waals surface area contributed by atoms with Gasteiger partial charge in [-0.25, -0.2) is 0 Å². The van der Waals surface area contributed by atoms with E-state index in [4.69, 9.17) is 0 Å². The van der Waals surface area contributed by atoms with Crippen molar-refractivity contribution < 1.29 is 0 Å². The highest BCUT2D eigenvalue weighted by Gasteiger charge is 2.13. The first-order valence-corrected chi connectivity index (χ1v) is 7.41. The van der Waals surface area contributed by atoms with E-state index >= 15 is 0 Å². The molecule has 112 valence electrons. The molecule has 2 rings (SSSR count). The average molecular weight is 283 g/mol. The van der Waals surface area contributed by atoms with E-state index in [1.807, 2.05) is 25.5 Å². The second kappa shape index (κ2) is 7.34. The van der Waals surface area contributed by atoms with Crippen LogP contribution in [0.25, 0.3) is 0 Å². The van der Waals surface area contributed by atoms with Crippen LogP contribution in [0.1, 0.15) is 28.3 Å². The third-order valence-corrected chi connectivity index (χ3v) is 3.66. The number of hydrogen-bond donors (Lipinski definition) is 1. The molecule has 0 amide bonds. The van der Waals surface area contributed by atoms with E-state index in [2.05, 4.69) is 60.4 Å². The highest BCUT2D eigenvalue weighted by atomic mass is 15.1. The van der Waals surface area contributed by atoms with Crippen LogP contribution in [0.3, 0.4) is 0 Å². The van der Waals surface area contributed by atoms with Crippen LogP contribution in [0, 0.1) is 13.8 Å². The van der Waals surface area contributed by atoms with Gasteiger partial charge in [0.2, 0.25) is 0 Å². The highest BCUT2D eigenvalue weighted by Crippen LogP contribution is 2.18. The number of likely N-dealkylation sites (N-methyl/N-ethyl adjacent to an activating group) is 2. The Morgan fingerprint density at radius 3 is 2.48 bits per heavy atom. The summed E-state index contributed by atoms with van der Waals surface area (Å²) in [6.45, 7) is 6.19. The molecule has 1 atom stereocenters. The molecule has 0 fully saturated rings. The smallest absolute Gasteiger partial charge is 0.0447 e. The lowest BCUT2D eigenvalue weighted by molar-refractivity contribution is 0.289. The van der Waals surface area contributed by atoms with E-state index in [0.717, 1.165) is 13.1 Å². The fraction of sp³-hybridized carbons (Fsp3) is 0.389. The van der Waals surface area contributed by atoms with Crippen molar-refractivity contribution in [3.05, 3.63) is 65.0 Å². The summed E-state index contributed by atoms with van der Waals surface area (Å²) in [5, 5.41) is 3.43. The Morgan fingerprint density at radius 2 is 1.90 bits per heavy atom. The fourth-order valence-corrected chi connectivity index (χ4v) is 2.75. The molecular formula is C18H25N3. The van der Waals surface area contributed by atoms with Gasteiger partial charge in [-0.3, -0.25) is 4.98 Å². The quantitative estimate of drug-likeness (QED) is 0.883. The first-order valence-electron chi connectivity index (χ1n) is 7.41. The predicted molar refractivity (Wildman–Crippen MR) is 88.3 cm³/mol. The molecule has 3 heteroatoms. The highest BCUT2D eigenvalue weighted by molar-refractivity contribution is 5.30. The second-order valence-corrected chi connectivity index (χ2v) is 5.82. The van der Waals surface area contributed by atoms with Crippen molar-refractivity contribution >= 4 is 0 Å². The first-order chi connectivity index (χ1) is 10.1. The van der Waals surface area contributed by atoms with Gasteiger partial charge in [0.1, 0.15) is 0 Å². The van der Waals surface area contributed by atoms with Crippen LogP contribution in [0.15, 0.2) is 42.7 Å². The normalized spacial score (nSPS) is 12.6. The van der Waals surface area contributed by atoms with Crippen LogP contribution in [-0.4, -0.2) is 30.5 Å². The van der Waals surface area contributed by atoms with Gasteiger partial charge >= 0.3 is 0 Å². The van der Waals surface area contributed by atoms with E-state index in [1.54, 1.807) is 0 Å². The largest absolute Gasteiger partial charge is 0.312 e. The molecule has 0 saturated carbocycles. The lowest BCUT2D eigenvalue weighted by Crippen LogP contribution is -2.31. The van der Waals surface area contributed by atoms with Crippen LogP contribution < -0.4 is 5.32 Å². The third-order valence-electron chi connectivity index (χ3n) is 3.66. The number of aromatic nitrogens is 1. The van der Waals surface area contributed by atoms with Gasteiger partial charge < -0.3 is 10.2 Å². The molecule has 0 bridgehead atoms. The summed E-state index contributed by atoms with van der Waals surface area (Å²) >= 11 is 0. The molecule has 21 heavy (non-hydrogen) atoms. The number of pyridine rings is 1. The number of nitrogens with zero attached hydrogens (tertiary/aromatic N) is 2. The van der Waals surface area contributed by atoms with E-state index in [0.29, 0.717) is 6.04 Å². The van der Waals surface area contributed by atoms with Gasteiger partial charge in [0.05, 0.1) is 0 Å². The molecule has 1 aromatic carbocycles. The lowest BCUT2D eigenvalue weighted by Gasteiger charge is -2.24. The monoisotopic (exact) mass is 283 g/mol. The molecule has 0 aliphatic rings. The third kappa shape index (κ3) is 4.66. The van der Waals surface area contributed by atoms with Crippen LogP contribution >= 0.6 is 0 Å². The molecule has 1 unspecified atom stereocenters. The van der Waals surface area contributed by atoms with Crippen LogP contribution in [0.5, 0.6) is 0 Å². The summed E-state index contributed by atoms with van der Waals surface area (Å²) in [7, 11) is 4.18. The Morgan fingerprint density at radius 1 is 1.19 bits per heavy atom. The summed E-state index contributed by atoms with van der Waals surface area (Å²) in [5.41, 5.74) is 5.24. The minimum absolute atomic E-state index is 0.338. The molecule has 0 aliphatic heterocycles. The maximum atomic E-state index is 4.18. The first kappa shape index (κ1) is 15.7. The Bertz CT molecular complexity index is 546. The van der Waals surface area contributed by atoms with E-state index < -0.39 is 0 Å². The van der Waals surface area contributed by atoms with Gasteiger partial charge in [0.25, 0.3) is 0 Å². The van der Waals surface area contributed by atoms with E-state index in [9.17, 15) is 0 Å². The molecule has 0 saturated heterocycles. The summed E-state index contributed by atoms with van der Waals surface area (Å²) in [4.78, 5) is 6.51. The molecule has 0 radical (unpaired) electrons. The Balaban J connectivity index is 2.04. The Kier molecular flexibility index (Phi) is 5.48. The van der Waals surface area contributed by atoms with Crippen LogP contribution in [0.2, 0.25) is 0 Å². The molecule has 0 spiro atoms. The van der Waals surface area contributed by atoms with Gasteiger partial charge in [0, 0.05) is 31.5 Å². The molecule has 1 aromatic heterocycles. The Labute approximate surface area is 128 Å². The molecule has 1 N–H and O–H groups in total. The minimum atomic E-state index is 0.338. The zero-order chi connectivity index (χ0) is 15.2. The number of rotatable bonds is 6. The summed E-state index contributed by atoms with van der Waals surface area (Å²) < 4.78 is 0. The lowest BCUT2D eigenvalue weighted by atomic mass is 10.0. The molecule has 1 heterocycles. The van der Waals surface area contributed by atoms with Gasteiger partial charge in [-0.2, -0.15) is 0 Å². The minimum Gasteiger partial charge on any atom is -0.312 e. The van der Waals surface area contributed by atoms with E-state index in [-0.39, 0.29) is 0 Å². The standard InChI is InChI=1S/C18H25N3/c1-14-8-15(2)10-17(9-14)18(19-3)13-21(4)12-16-6-5-7-20-11-16/h5-11,18-19H,12-13H2,1-4H3. The number of hydrogen-bond acceptors (Lipinski definition) is 3. The van der Waals surface area contributed by atoms with Crippen molar-refractivity contribution in [1.29, 1.82) is 0 Å².